The zero-order valence-electron chi connectivity index (χ0n) is 8.15. The van der Waals surface area contributed by atoms with Crippen LogP contribution in [0.4, 0.5) is 4.39 Å². The van der Waals surface area contributed by atoms with Gasteiger partial charge in [-0.15, -0.1) is 0 Å². The average Bonchev–Trinajstić information content (AvgIpc) is 1.94. The molecule has 0 radical (unpaired) electrons. The van der Waals surface area contributed by atoms with Crippen molar-refractivity contribution in [1.82, 2.24) is 9.97 Å². The summed E-state index contributed by atoms with van der Waals surface area (Å²) in [5.74, 6) is -0.310. The van der Waals surface area contributed by atoms with E-state index in [1.54, 1.807) is 6.92 Å². The minimum absolute atomic E-state index is 0.291. The summed E-state index contributed by atoms with van der Waals surface area (Å²) in [5.41, 5.74) is 0.541. The Morgan fingerprint density at radius 2 is 1.77 bits per heavy atom. The van der Waals surface area contributed by atoms with E-state index >= 15 is 0 Å². The van der Waals surface area contributed by atoms with Gasteiger partial charge < -0.3 is 0 Å². The summed E-state index contributed by atoms with van der Waals surface area (Å²) in [4.78, 5) is 7.91. The maximum atomic E-state index is 13.5. The number of nitrogens with zero attached hydrogens (tertiary/aromatic N) is 2. The second-order valence-corrected chi connectivity index (χ2v) is 4.70. The van der Waals surface area contributed by atoms with E-state index in [0.29, 0.717) is 16.1 Å². The van der Waals surface area contributed by atoms with Crippen molar-refractivity contribution in [2.45, 2.75) is 33.1 Å². The summed E-state index contributed by atoms with van der Waals surface area (Å²) in [6.07, 6.45) is 0. The minimum atomic E-state index is -0.310. The molecule has 0 spiro atoms. The zero-order chi connectivity index (χ0) is 10.2. The molecular formula is C9H12BrFN2. The third kappa shape index (κ3) is 2.24. The van der Waals surface area contributed by atoms with Crippen molar-refractivity contribution < 1.29 is 4.39 Å². The maximum absolute atomic E-state index is 13.5. The van der Waals surface area contributed by atoms with Crippen molar-refractivity contribution in [3.63, 3.8) is 0 Å². The molecule has 0 aliphatic rings. The quantitative estimate of drug-likeness (QED) is 0.658. The molecule has 0 aliphatic heterocycles. The molecule has 0 atom stereocenters. The fraction of sp³-hybridized carbons (Fsp3) is 0.556. The summed E-state index contributed by atoms with van der Waals surface area (Å²) in [6.45, 7) is 7.40. The molecule has 1 rings (SSSR count). The van der Waals surface area contributed by atoms with E-state index < -0.39 is 0 Å². The maximum Gasteiger partial charge on any atom is 0.197 e. The van der Waals surface area contributed by atoms with Crippen LogP contribution in [0, 0.1) is 12.7 Å². The minimum Gasteiger partial charge on any atom is -0.224 e. The van der Waals surface area contributed by atoms with Crippen LogP contribution in [0.25, 0.3) is 0 Å². The van der Waals surface area contributed by atoms with E-state index in [9.17, 15) is 4.39 Å². The first-order valence-electron chi connectivity index (χ1n) is 4.02. The van der Waals surface area contributed by atoms with Gasteiger partial charge in [0.15, 0.2) is 10.6 Å². The molecule has 1 aromatic heterocycles. The highest BCUT2D eigenvalue weighted by Crippen LogP contribution is 2.25. The molecule has 1 aromatic rings. The molecule has 0 saturated heterocycles. The highest BCUT2D eigenvalue weighted by molar-refractivity contribution is 9.10. The van der Waals surface area contributed by atoms with Gasteiger partial charge in [0.2, 0.25) is 0 Å². The molecule has 2 nitrogen and oxygen atoms in total. The van der Waals surface area contributed by atoms with Crippen molar-refractivity contribution in [3.05, 3.63) is 21.9 Å². The number of halogens is 2. The van der Waals surface area contributed by atoms with Crippen LogP contribution in [0.15, 0.2) is 4.73 Å². The van der Waals surface area contributed by atoms with Crippen LogP contribution in [0.3, 0.4) is 0 Å². The van der Waals surface area contributed by atoms with Gasteiger partial charge >= 0.3 is 0 Å². The van der Waals surface area contributed by atoms with Crippen LogP contribution < -0.4 is 0 Å². The summed E-state index contributed by atoms with van der Waals surface area (Å²) >= 11 is 3.15. The normalized spacial score (nSPS) is 11.8. The Morgan fingerprint density at radius 3 is 2.23 bits per heavy atom. The van der Waals surface area contributed by atoms with Gasteiger partial charge in [0.05, 0.1) is 11.4 Å². The van der Waals surface area contributed by atoms with Gasteiger partial charge in [0.1, 0.15) is 0 Å². The molecule has 0 aromatic carbocycles. The molecule has 0 fully saturated rings. The van der Waals surface area contributed by atoms with Gasteiger partial charge in [-0.25, -0.2) is 14.4 Å². The van der Waals surface area contributed by atoms with Crippen molar-refractivity contribution in [3.8, 4) is 0 Å². The molecule has 13 heavy (non-hydrogen) atoms. The number of hydrogen-bond acceptors (Lipinski definition) is 2. The predicted octanol–water partition coefficient (Wildman–Crippen LogP) is 2.98. The van der Waals surface area contributed by atoms with E-state index in [-0.39, 0.29) is 11.2 Å². The lowest BCUT2D eigenvalue weighted by atomic mass is 9.91. The lowest BCUT2D eigenvalue weighted by Gasteiger charge is -2.18. The van der Waals surface area contributed by atoms with Crippen LogP contribution in [0.1, 0.15) is 32.2 Å². The first-order valence-corrected chi connectivity index (χ1v) is 4.82. The molecule has 4 heteroatoms. The Morgan fingerprint density at radius 1 is 1.23 bits per heavy atom. The molecule has 1 heterocycles. The first kappa shape index (κ1) is 10.6. The van der Waals surface area contributed by atoms with Gasteiger partial charge in [0, 0.05) is 5.41 Å². The largest absolute Gasteiger partial charge is 0.224 e. The van der Waals surface area contributed by atoms with E-state index in [4.69, 9.17) is 0 Å². The van der Waals surface area contributed by atoms with Crippen molar-refractivity contribution in [1.29, 1.82) is 0 Å². The second kappa shape index (κ2) is 3.33. The first-order chi connectivity index (χ1) is 5.82. The number of rotatable bonds is 0. The molecule has 0 unspecified atom stereocenters. The number of aromatic nitrogens is 2. The van der Waals surface area contributed by atoms with Gasteiger partial charge in [-0.2, -0.15) is 0 Å². The third-order valence-corrected chi connectivity index (χ3v) is 2.05. The fourth-order valence-corrected chi connectivity index (χ4v) is 1.47. The Balaban J connectivity index is 3.37. The smallest absolute Gasteiger partial charge is 0.197 e. The lowest BCUT2D eigenvalue weighted by Crippen LogP contribution is -2.18. The highest BCUT2D eigenvalue weighted by Gasteiger charge is 2.22. The van der Waals surface area contributed by atoms with Crippen LogP contribution in [-0.2, 0) is 5.41 Å². The summed E-state index contributed by atoms with van der Waals surface area (Å²) < 4.78 is 14.0. The summed E-state index contributed by atoms with van der Waals surface area (Å²) in [5, 5.41) is 0. The van der Waals surface area contributed by atoms with Crippen LogP contribution in [-0.4, -0.2) is 9.97 Å². The highest BCUT2D eigenvalue weighted by atomic mass is 79.9. The second-order valence-electron chi connectivity index (χ2n) is 3.99. The predicted molar refractivity (Wildman–Crippen MR) is 53.1 cm³/mol. The molecule has 0 saturated carbocycles. The lowest BCUT2D eigenvalue weighted by molar-refractivity contribution is 0.490. The van der Waals surface area contributed by atoms with Crippen molar-refractivity contribution in [2.24, 2.45) is 0 Å². The van der Waals surface area contributed by atoms with Crippen molar-refractivity contribution in [2.75, 3.05) is 0 Å². The molecule has 0 N–H and O–H groups in total. The Bertz CT molecular complexity index is 331. The van der Waals surface area contributed by atoms with Gasteiger partial charge in [0.25, 0.3) is 0 Å². The van der Waals surface area contributed by atoms with E-state index in [1.807, 2.05) is 20.8 Å². The monoisotopic (exact) mass is 246 g/mol. The number of aryl methyl sites for hydroxylation is 1. The van der Waals surface area contributed by atoms with Crippen molar-refractivity contribution >= 4 is 15.9 Å². The fourth-order valence-electron chi connectivity index (χ4n) is 1.02. The van der Waals surface area contributed by atoms with E-state index in [2.05, 4.69) is 25.9 Å². The molecule has 0 aliphatic carbocycles. The standard InChI is InChI=1S/C9H12BrFN2/c1-5-6(11)7(9(2,3)4)13-8(10)12-5/h1-4H3. The summed E-state index contributed by atoms with van der Waals surface area (Å²) in [7, 11) is 0. The summed E-state index contributed by atoms with van der Waals surface area (Å²) in [6, 6.07) is 0. The molecular weight excluding hydrogens is 235 g/mol. The van der Waals surface area contributed by atoms with Crippen LogP contribution in [0.5, 0.6) is 0 Å². The van der Waals surface area contributed by atoms with Crippen LogP contribution >= 0.6 is 15.9 Å². The van der Waals surface area contributed by atoms with Gasteiger partial charge in [-0.05, 0) is 22.9 Å². The van der Waals surface area contributed by atoms with Gasteiger partial charge in [-0.3, -0.25) is 0 Å². The Kier molecular flexibility index (Phi) is 2.71. The van der Waals surface area contributed by atoms with E-state index in [0.717, 1.165) is 0 Å². The zero-order valence-corrected chi connectivity index (χ0v) is 9.74. The molecule has 0 bridgehead atoms. The van der Waals surface area contributed by atoms with Gasteiger partial charge in [-0.1, -0.05) is 20.8 Å². The molecule has 0 amide bonds. The average molecular weight is 247 g/mol. The van der Waals surface area contributed by atoms with Crippen LogP contribution in [0.2, 0.25) is 0 Å². The third-order valence-electron chi connectivity index (χ3n) is 1.70. The number of hydrogen-bond donors (Lipinski definition) is 0. The topological polar surface area (TPSA) is 25.8 Å². The molecule has 72 valence electrons. The Labute approximate surface area is 85.7 Å². The Hall–Kier alpha value is -0.510. The SMILES string of the molecule is Cc1nc(Br)nc(C(C)(C)C)c1F. The van der Waals surface area contributed by atoms with E-state index in [1.165, 1.54) is 0 Å².